The van der Waals surface area contributed by atoms with Crippen LogP contribution in [0.25, 0.3) is 0 Å². The Morgan fingerprint density at radius 1 is 1.40 bits per heavy atom. The number of Topliss-reactive ketones (excluding diaryl/α,β-unsaturated/α-hetero) is 1. The summed E-state index contributed by atoms with van der Waals surface area (Å²) in [7, 11) is 0. The predicted molar refractivity (Wildman–Crippen MR) is 59.5 cm³/mol. The van der Waals surface area contributed by atoms with Crippen molar-refractivity contribution in [3.05, 3.63) is 30.1 Å². The highest BCUT2D eigenvalue weighted by Crippen LogP contribution is 2.28. The van der Waals surface area contributed by atoms with Crippen molar-refractivity contribution in [2.75, 3.05) is 0 Å². The summed E-state index contributed by atoms with van der Waals surface area (Å²) in [5.41, 5.74) is 1.23. The smallest absolute Gasteiger partial charge is 0.136 e. The highest BCUT2D eigenvalue weighted by molar-refractivity contribution is 5.82. The molecule has 2 heteroatoms. The molecule has 0 bridgehead atoms. The quantitative estimate of drug-likeness (QED) is 0.739. The molecule has 0 N–H and O–H groups in total. The zero-order valence-corrected chi connectivity index (χ0v) is 9.15. The number of pyridine rings is 1. The summed E-state index contributed by atoms with van der Waals surface area (Å²) in [6.07, 6.45) is 7.40. The van der Waals surface area contributed by atoms with Crippen molar-refractivity contribution in [2.24, 2.45) is 11.8 Å². The Kier molecular flexibility index (Phi) is 3.14. The third-order valence-corrected chi connectivity index (χ3v) is 3.26. The molecular weight excluding hydrogens is 186 g/mol. The molecule has 80 valence electrons. The van der Waals surface area contributed by atoms with Gasteiger partial charge in [0.15, 0.2) is 0 Å². The Bertz CT molecular complexity index is 334. The molecule has 0 saturated heterocycles. The van der Waals surface area contributed by atoms with Crippen molar-refractivity contribution in [1.82, 2.24) is 4.98 Å². The molecule has 0 unspecified atom stereocenters. The molecule has 1 aliphatic carbocycles. The van der Waals surface area contributed by atoms with Gasteiger partial charge >= 0.3 is 0 Å². The highest BCUT2D eigenvalue weighted by Gasteiger charge is 2.26. The SMILES string of the molecule is C[C@@H]1CCC(=O)[C@H](Cc2ccncc2)C1. The summed E-state index contributed by atoms with van der Waals surface area (Å²) in [5, 5.41) is 0. The van der Waals surface area contributed by atoms with Gasteiger partial charge in [-0.25, -0.2) is 0 Å². The summed E-state index contributed by atoms with van der Waals surface area (Å²) in [6.45, 7) is 2.24. The van der Waals surface area contributed by atoms with Crippen LogP contribution < -0.4 is 0 Å². The van der Waals surface area contributed by atoms with E-state index in [-0.39, 0.29) is 5.92 Å². The zero-order chi connectivity index (χ0) is 10.7. The van der Waals surface area contributed by atoms with Crippen LogP contribution >= 0.6 is 0 Å². The first-order chi connectivity index (χ1) is 7.25. The fraction of sp³-hybridized carbons (Fsp3) is 0.538. The van der Waals surface area contributed by atoms with Gasteiger partial charge in [-0.15, -0.1) is 0 Å². The van der Waals surface area contributed by atoms with Gasteiger partial charge in [0.25, 0.3) is 0 Å². The van der Waals surface area contributed by atoms with Crippen LogP contribution in [0.1, 0.15) is 31.7 Å². The molecule has 1 aromatic heterocycles. The van der Waals surface area contributed by atoms with Gasteiger partial charge in [0, 0.05) is 24.7 Å². The Morgan fingerprint density at radius 3 is 2.87 bits per heavy atom. The van der Waals surface area contributed by atoms with E-state index in [2.05, 4.69) is 11.9 Å². The normalized spacial score (nSPS) is 26.6. The number of ketones is 1. The first-order valence-electron chi connectivity index (χ1n) is 5.67. The molecule has 1 saturated carbocycles. The zero-order valence-electron chi connectivity index (χ0n) is 9.15. The largest absolute Gasteiger partial charge is 0.299 e. The number of aromatic nitrogens is 1. The van der Waals surface area contributed by atoms with Crippen LogP contribution in [-0.2, 0) is 11.2 Å². The van der Waals surface area contributed by atoms with E-state index < -0.39 is 0 Å². The second-order valence-electron chi connectivity index (χ2n) is 4.60. The molecule has 1 heterocycles. The maximum Gasteiger partial charge on any atom is 0.136 e. The van der Waals surface area contributed by atoms with Crippen LogP contribution in [0.3, 0.4) is 0 Å². The number of carbonyl (C=O) groups is 1. The molecule has 0 radical (unpaired) electrons. The van der Waals surface area contributed by atoms with Crippen molar-refractivity contribution in [1.29, 1.82) is 0 Å². The minimum Gasteiger partial charge on any atom is -0.299 e. The van der Waals surface area contributed by atoms with Gasteiger partial charge in [-0.3, -0.25) is 9.78 Å². The lowest BCUT2D eigenvalue weighted by Crippen LogP contribution is -2.25. The maximum atomic E-state index is 11.7. The number of hydrogen-bond acceptors (Lipinski definition) is 2. The molecule has 1 aromatic rings. The summed E-state index contributed by atoms with van der Waals surface area (Å²) in [5.74, 6) is 1.40. The van der Waals surface area contributed by atoms with E-state index in [0.717, 1.165) is 25.7 Å². The third kappa shape index (κ3) is 2.65. The second kappa shape index (κ2) is 4.56. The van der Waals surface area contributed by atoms with Gasteiger partial charge in [0.1, 0.15) is 5.78 Å². The first-order valence-corrected chi connectivity index (χ1v) is 5.67. The summed E-state index contributed by atoms with van der Waals surface area (Å²) in [4.78, 5) is 15.7. The fourth-order valence-corrected chi connectivity index (χ4v) is 2.33. The van der Waals surface area contributed by atoms with E-state index in [1.807, 2.05) is 12.1 Å². The molecule has 15 heavy (non-hydrogen) atoms. The number of nitrogens with zero attached hydrogens (tertiary/aromatic N) is 1. The fourth-order valence-electron chi connectivity index (χ4n) is 2.33. The standard InChI is InChI=1S/C13H17NO/c1-10-2-3-13(15)12(8-10)9-11-4-6-14-7-5-11/h4-7,10,12H,2-3,8-9H2,1H3/t10-,12+/m1/s1. The number of carbonyl (C=O) groups excluding carboxylic acids is 1. The Morgan fingerprint density at radius 2 is 2.13 bits per heavy atom. The lowest BCUT2D eigenvalue weighted by molar-refractivity contribution is -0.125. The van der Waals surface area contributed by atoms with E-state index in [1.54, 1.807) is 12.4 Å². The molecule has 2 nitrogen and oxygen atoms in total. The molecule has 2 rings (SSSR count). The summed E-state index contributed by atoms with van der Waals surface area (Å²) < 4.78 is 0. The number of rotatable bonds is 2. The van der Waals surface area contributed by atoms with Crippen LogP contribution in [0, 0.1) is 11.8 Å². The maximum absolute atomic E-state index is 11.7. The van der Waals surface area contributed by atoms with Gasteiger partial charge in [-0.05, 0) is 42.9 Å². The highest BCUT2D eigenvalue weighted by atomic mass is 16.1. The summed E-state index contributed by atoms with van der Waals surface area (Å²) >= 11 is 0. The molecule has 0 spiro atoms. The van der Waals surface area contributed by atoms with Crippen molar-refractivity contribution in [3.8, 4) is 0 Å². The van der Waals surface area contributed by atoms with Gasteiger partial charge in [-0.2, -0.15) is 0 Å². The molecular formula is C13H17NO. The monoisotopic (exact) mass is 203 g/mol. The minimum atomic E-state index is 0.246. The lowest BCUT2D eigenvalue weighted by atomic mass is 9.79. The third-order valence-electron chi connectivity index (χ3n) is 3.26. The molecule has 0 amide bonds. The topological polar surface area (TPSA) is 30.0 Å². The van der Waals surface area contributed by atoms with Crippen molar-refractivity contribution < 1.29 is 4.79 Å². The van der Waals surface area contributed by atoms with Gasteiger partial charge in [0.2, 0.25) is 0 Å². The molecule has 0 aliphatic heterocycles. The molecule has 1 fully saturated rings. The van der Waals surface area contributed by atoms with E-state index in [9.17, 15) is 4.79 Å². The van der Waals surface area contributed by atoms with Crippen molar-refractivity contribution in [2.45, 2.75) is 32.6 Å². The average molecular weight is 203 g/mol. The second-order valence-corrected chi connectivity index (χ2v) is 4.60. The number of hydrogen-bond donors (Lipinski definition) is 0. The van der Waals surface area contributed by atoms with E-state index in [0.29, 0.717) is 11.7 Å². The van der Waals surface area contributed by atoms with Crippen LogP contribution in [0.4, 0.5) is 0 Å². The predicted octanol–water partition coefficient (Wildman–Crippen LogP) is 2.63. The molecule has 0 aromatic carbocycles. The van der Waals surface area contributed by atoms with Crippen LogP contribution in [0.15, 0.2) is 24.5 Å². The Balaban J connectivity index is 2.01. The van der Waals surface area contributed by atoms with Gasteiger partial charge in [0.05, 0.1) is 0 Å². The van der Waals surface area contributed by atoms with E-state index in [1.165, 1.54) is 5.56 Å². The summed E-state index contributed by atoms with van der Waals surface area (Å²) in [6, 6.07) is 4.01. The average Bonchev–Trinajstić information content (AvgIpc) is 2.25. The van der Waals surface area contributed by atoms with E-state index >= 15 is 0 Å². The van der Waals surface area contributed by atoms with Crippen LogP contribution in [-0.4, -0.2) is 10.8 Å². The van der Waals surface area contributed by atoms with Gasteiger partial charge in [-0.1, -0.05) is 6.92 Å². The van der Waals surface area contributed by atoms with Crippen molar-refractivity contribution in [3.63, 3.8) is 0 Å². The lowest BCUT2D eigenvalue weighted by Gasteiger charge is -2.25. The Hall–Kier alpha value is -1.18. The Labute approximate surface area is 90.7 Å². The van der Waals surface area contributed by atoms with Crippen LogP contribution in [0.5, 0.6) is 0 Å². The van der Waals surface area contributed by atoms with E-state index in [4.69, 9.17) is 0 Å². The molecule has 2 atom stereocenters. The van der Waals surface area contributed by atoms with Crippen molar-refractivity contribution >= 4 is 5.78 Å². The first kappa shape index (κ1) is 10.3. The molecule has 1 aliphatic rings. The minimum absolute atomic E-state index is 0.246. The van der Waals surface area contributed by atoms with Gasteiger partial charge < -0.3 is 0 Å². The van der Waals surface area contributed by atoms with Crippen LogP contribution in [0.2, 0.25) is 0 Å².